The van der Waals surface area contributed by atoms with Gasteiger partial charge in [0.15, 0.2) is 5.11 Å². The molecule has 2 aromatic rings. The van der Waals surface area contributed by atoms with Crippen LogP contribution in [-0.4, -0.2) is 28.1 Å². The minimum absolute atomic E-state index is 0.160. The molecule has 0 aliphatic rings. The Kier molecular flexibility index (Phi) is 7.82. The summed E-state index contributed by atoms with van der Waals surface area (Å²) in [4.78, 5) is 12.4. The van der Waals surface area contributed by atoms with Crippen LogP contribution < -0.4 is 20.7 Å². The molecule has 0 bridgehead atoms. The highest BCUT2D eigenvalue weighted by atomic mass is 35.6. The van der Waals surface area contributed by atoms with Gasteiger partial charge in [0, 0.05) is 16.3 Å². The molecule has 2 aromatic carbocycles. The Balaban J connectivity index is 2.03. The minimum atomic E-state index is -1.85. The van der Waals surface area contributed by atoms with Gasteiger partial charge in [-0.15, -0.1) is 0 Å². The molecule has 0 aliphatic heterocycles. The lowest BCUT2D eigenvalue weighted by Gasteiger charge is -2.27. The molecule has 144 valence electrons. The third-order valence-corrected chi connectivity index (χ3v) is 4.46. The number of hydrogen-bond donors (Lipinski definition) is 3. The van der Waals surface area contributed by atoms with Gasteiger partial charge < -0.3 is 20.7 Å². The molecule has 0 saturated carbocycles. The highest BCUT2D eigenvalue weighted by Gasteiger charge is 2.34. The number of halogens is 4. The van der Waals surface area contributed by atoms with Crippen molar-refractivity contribution in [1.82, 2.24) is 10.6 Å². The zero-order chi connectivity index (χ0) is 20.0. The highest BCUT2D eigenvalue weighted by Crippen LogP contribution is 2.29. The number of alkyl halides is 3. The first kappa shape index (κ1) is 21.9. The van der Waals surface area contributed by atoms with Crippen molar-refractivity contribution in [1.29, 1.82) is 0 Å². The van der Waals surface area contributed by atoms with E-state index in [1.54, 1.807) is 55.6 Å². The van der Waals surface area contributed by atoms with Crippen LogP contribution in [-0.2, 0) is 0 Å². The molecule has 5 nitrogen and oxygen atoms in total. The molecular formula is C17H15Cl4N3O2S. The van der Waals surface area contributed by atoms with Crippen LogP contribution in [0.4, 0.5) is 5.69 Å². The third-order valence-electron chi connectivity index (χ3n) is 3.33. The topological polar surface area (TPSA) is 62.4 Å². The van der Waals surface area contributed by atoms with E-state index < -0.39 is 15.9 Å². The van der Waals surface area contributed by atoms with Gasteiger partial charge in [-0.3, -0.25) is 4.79 Å². The van der Waals surface area contributed by atoms with Crippen LogP contribution in [0.15, 0.2) is 48.5 Å². The van der Waals surface area contributed by atoms with Crippen molar-refractivity contribution < 1.29 is 9.53 Å². The third kappa shape index (κ3) is 6.90. The Bertz CT molecular complexity index is 795. The number of rotatable bonds is 5. The average Bonchev–Trinajstić information content (AvgIpc) is 2.61. The van der Waals surface area contributed by atoms with E-state index in [0.717, 1.165) is 0 Å². The summed E-state index contributed by atoms with van der Waals surface area (Å²) < 4.78 is 3.24. The van der Waals surface area contributed by atoms with Crippen molar-refractivity contribution in [3.8, 4) is 5.75 Å². The summed E-state index contributed by atoms with van der Waals surface area (Å²) in [7, 11) is 1.57. The second-order valence-electron chi connectivity index (χ2n) is 5.28. The molecule has 1 atom stereocenters. The summed E-state index contributed by atoms with van der Waals surface area (Å²) >= 11 is 29.0. The lowest BCUT2D eigenvalue weighted by Crippen LogP contribution is -2.56. The van der Waals surface area contributed by atoms with Gasteiger partial charge in [0.25, 0.3) is 5.91 Å². The van der Waals surface area contributed by atoms with Crippen LogP contribution >= 0.6 is 58.6 Å². The molecule has 1 unspecified atom stereocenters. The van der Waals surface area contributed by atoms with E-state index in [1.807, 2.05) is 0 Å². The molecule has 0 fully saturated rings. The van der Waals surface area contributed by atoms with E-state index in [4.69, 9.17) is 63.4 Å². The maximum absolute atomic E-state index is 12.4. The number of hydrogen-bond acceptors (Lipinski definition) is 3. The van der Waals surface area contributed by atoms with Gasteiger partial charge in [-0.1, -0.05) is 46.4 Å². The first-order chi connectivity index (χ1) is 12.7. The Labute approximate surface area is 182 Å². The molecule has 0 radical (unpaired) electrons. The largest absolute Gasteiger partial charge is 0.497 e. The van der Waals surface area contributed by atoms with Gasteiger partial charge >= 0.3 is 0 Å². The smallest absolute Gasteiger partial charge is 0.252 e. The standard InChI is InChI=1S/C17H15Cl4N3O2S/c1-26-13-8-6-12(7-9-13)22-16(27)24-15(17(19,20)21)23-14(25)10-2-4-11(18)5-3-10/h2-9,15H,1H3,(H,23,25)(H2,22,24,27). The number of carbonyl (C=O) groups excluding carboxylic acids is 1. The van der Waals surface area contributed by atoms with Gasteiger partial charge in [0.2, 0.25) is 3.79 Å². The molecule has 2 rings (SSSR count). The second kappa shape index (κ2) is 9.66. The maximum Gasteiger partial charge on any atom is 0.252 e. The Morgan fingerprint density at radius 2 is 1.63 bits per heavy atom. The van der Waals surface area contributed by atoms with Crippen LogP contribution in [0.3, 0.4) is 0 Å². The van der Waals surface area contributed by atoms with Crippen LogP contribution in [0.25, 0.3) is 0 Å². The van der Waals surface area contributed by atoms with Gasteiger partial charge in [0.05, 0.1) is 7.11 Å². The molecule has 0 spiro atoms. The number of benzene rings is 2. The van der Waals surface area contributed by atoms with Crippen molar-refractivity contribution in [2.45, 2.75) is 9.96 Å². The fourth-order valence-corrected chi connectivity index (χ4v) is 2.68. The molecule has 0 heterocycles. The SMILES string of the molecule is COc1ccc(NC(=S)NC(NC(=O)c2ccc(Cl)cc2)C(Cl)(Cl)Cl)cc1. The molecule has 3 N–H and O–H groups in total. The minimum Gasteiger partial charge on any atom is -0.497 e. The zero-order valence-electron chi connectivity index (χ0n) is 13.9. The van der Waals surface area contributed by atoms with Gasteiger partial charge in [0.1, 0.15) is 11.9 Å². The van der Waals surface area contributed by atoms with Crippen LogP contribution in [0.1, 0.15) is 10.4 Å². The number of carbonyl (C=O) groups is 1. The quantitative estimate of drug-likeness (QED) is 0.337. The van der Waals surface area contributed by atoms with Crippen LogP contribution in [0, 0.1) is 0 Å². The van der Waals surface area contributed by atoms with E-state index in [2.05, 4.69) is 16.0 Å². The number of amides is 1. The fraction of sp³-hybridized carbons (Fsp3) is 0.176. The Hall–Kier alpha value is -1.44. The summed E-state index contributed by atoms with van der Waals surface area (Å²) in [5, 5.41) is 8.98. The lowest BCUT2D eigenvalue weighted by molar-refractivity contribution is 0.0934. The predicted octanol–water partition coefficient (Wildman–Crippen LogP) is 4.76. The van der Waals surface area contributed by atoms with Crippen molar-refractivity contribution in [2.75, 3.05) is 12.4 Å². The van der Waals surface area contributed by atoms with Crippen LogP contribution in [0.5, 0.6) is 5.75 Å². The Morgan fingerprint density at radius 3 is 2.15 bits per heavy atom. The molecule has 27 heavy (non-hydrogen) atoms. The highest BCUT2D eigenvalue weighted by molar-refractivity contribution is 7.80. The number of thiocarbonyl (C=S) groups is 1. The maximum atomic E-state index is 12.4. The molecule has 0 aliphatic carbocycles. The number of methoxy groups -OCH3 is 1. The normalized spacial score (nSPS) is 12.0. The molecule has 0 aromatic heterocycles. The van der Waals surface area contributed by atoms with E-state index in [-0.39, 0.29) is 5.11 Å². The summed E-state index contributed by atoms with van der Waals surface area (Å²) in [6.07, 6.45) is -1.08. The Morgan fingerprint density at radius 1 is 1.04 bits per heavy atom. The van der Waals surface area contributed by atoms with E-state index in [0.29, 0.717) is 22.0 Å². The molecule has 10 heteroatoms. The monoisotopic (exact) mass is 465 g/mol. The number of ether oxygens (including phenoxy) is 1. The molecular weight excluding hydrogens is 452 g/mol. The van der Waals surface area contributed by atoms with Crippen LogP contribution in [0.2, 0.25) is 5.02 Å². The van der Waals surface area contributed by atoms with Gasteiger partial charge in [-0.25, -0.2) is 0 Å². The van der Waals surface area contributed by atoms with Crippen molar-refractivity contribution in [3.05, 3.63) is 59.1 Å². The molecule has 0 saturated heterocycles. The van der Waals surface area contributed by atoms with Crippen molar-refractivity contribution in [2.24, 2.45) is 0 Å². The summed E-state index contributed by atoms with van der Waals surface area (Å²) in [6.45, 7) is 0. The first-order valence-electron chi connectivity index (χ1n) is 7.54. The zero-order valence-corrected chi connectivity index (χ0v) is 17.8. The summed E-state index contributed by atoms with van der Waals surface area (Å²) in [5.74, 6) is 0.247. The fourth-order valence-electron chi connectivity index (χ4n) is 1.99. The summed E-state index contributed by atoms with van der Waals surface area (Å²) in [6, 6.07) is 13.3. The first-order valence-corrected chi connectivity index (χ1v) is 9.46. The van der Waals surface area contributed by atoms with Crippen molar-refractivity contribution >= 4 is 75.3 Å². The number of nitrogens with one attached hydrogen (secondary N) is 3. The summed E-state index contributed by atoms with van der Waals surface area (Å²) in [5.41, 5.74) is 1.05. The van der Waals surface area contributed by atoms with Gasteiger partial charge in [-0.05, 0) is 60.7 Å². The number of anilines is 1. The second-order valence-corrected chi connectivity index (χ2v) is 8.50. The lowest BCUT2D eigenvalue weighted by atomic mass is 10.2. The average molecular weight is 467 g/mol. The van der Waals surface area contributed by atoms with Gasteiger partial charge in [-0.2, -0.15) is 0 Å². The predicted molar refractivity (Wildman–Crippen MR) is 115 cm³/mol. The van der Waals surface area contributed by atoms with E-state index in [9.17, 15) is 4.79 Å². The van der Waals surface area contributed by atoms with Crippen molar-refractivity contribution in [3.63, 3.8) is 0 Å². The molecule has 1 amide bonds. The van der Waals surface area contributed by atoms with E-state index in [1.165, 1.54) is 0 Å². The van der Waals surface area contributed by atoms with E-state index >= 15 is 0 Å².